The van der Waals surface area contributed by atoms with Crippen molar-refractivity contribution in [1.29, 1.82) is 0 Å². The zero-order chi connectivity index (χ0) is 23.3. The Bertz CT molecular complexity index is 971. The van der Waals surface area contributed by atoms with E-state index in [2.05, 4.69) is 15.3 Å². The number of halogens is 1. The van der Waals surface area contributed by atoms with Crippen LogP contribution < -0.4 is 15.0 Å². The molecular formula is C22H28FN5O4. The number of nitrogens with zero attached hydrogens (tertiary/aromatic N) is 4. The average molecular weight is 445 g/mol. The van der Waals surface area contributed by atoms with E-state index in [9.17, 15) is 14.0 Å². The van der Waals surface area contributed by atoms with Gasteiger partial charge in [0, 0.05) is 32.2 Å². The second-order valence-electron chi connectivity index (χ2n) is 7.92. The summed E-state index contributed by atoms with van der Waals surface area (Å²) >= 11 is 0. The summed E-state index contributed by atoms with van der Waals surface area (Å²) in [5, 5.41) is 11.2. The number of carboxylic acid groups (broad SMARTS) is 1. The zero-order valence-electron chi connectivity index (χ0n) is 18.4. The Morgan fingerprint density at radius 2 is 2.16 bits per heavy atom. The molecule has 1 aliphatic heterocycles. The molecule has 2 heterocycles. The molecule has 172 valence electrons. The van der Waals surface area contributed by atoms with Crippen LogP contribution in [0.15, 0.2) is 30.7 Å². The van der Waals surface area contributed by atoms with Crippen molar-refractivity contribution >= 4 is 17.8 Å². The smallest absolute Gasteiger partial charge is 0.404 e. The molecule has 3 rings (SSSR count). The van der Waals surface area contributed by atoms with Gasteiger partial charge in [0.25, 0.3) is 5.91 Å². The molecule has 1 aromatic carbocycles. The first-order valence-electron chi connectivity index (χ1n) is 10.6. The number of aromatic nitrogens is 2. The predicted molar refractivity (Wildman–Crippen MR) is 117 cm³/mol. The third-order valence-corrected chi connectivity index (χ3v) is 5.40. The van der Waals surface area contributed by atoms with Gasteiger partial charge < -0.3 is 25.0 Å². The van der Waals surface area contributed by atoms with Crippen molar-refractivity contribution in [2.75, 3.05) is 31.1 Å². The topological polar surface area (TPSA) is 108 Å². The first-order valence-corrected chi connectivity index (χ1v) is 10.6. The van der Waals surface area contributed by atoms with Gasteiger partial charge in [-0.2, -0.15) is 0 Å². The number of rotatable bonds is 8. The van der Waals surface area contributed by atoms with E-state index in [-0.39, 0.29) is 29.2 Å². The van der Waals surface area contributed by atoms with Crippen molar-refractivity contribution in [2.45, 2.75) is 33.2 Å². The van der Waals surface area contributed by atoms with Gasteiger partial charge in [0.05, 0.1) is 11.8 Å². The minimum atomic E-state index is -1.05. The summed E-state index contributed by atoms with van der Waals surface area (Å²) in [6.45, 7) is 7.76. The summed E-state index contributed by atoms with van der Waals surface area (Å²) < 4.78 is 20.1. The number of amides is 2. The van der Waals surface area contributed by atoms with Crippen LogP contribution in [0.25, 0.3) is 0 Å². The van der Waals surface area contributed by atoms with Crippen molar-refractivity contribution < 1.29 is 23.8 Å². The standard InChI is InChI=1S/C22H28FN5O4/c1-4-28(14(2)3)21(29)17-9-16(23)5-6-18(17)32-19-11-24-13-26-20(19)27-8-7-15(12-27)10-25-22(30)31/h5-6,9,11,13-15,25H,4,7-8,10,12H2,1-3H3,(H,30,31)/t15-/m0/s1. The summed E-state index contributed by atoms with van der Waals surface area (Å²) in [4.78, 5) is 35.8. The first kappa shape index (κ1) is 23.2. The molecule has 10 heteroatoms. The van der Waals surface area contributed by atoms with Gasteiger partial charge in [0.1, 0.15) is 17.9 Å². The Labute approximate surface area is 186 Å². The third kappa shape index (κ3) is 5.43. The Morgan fingerprint density at radius 1 is 1.38 bits per heavy atom. The van der Waals surface area contributed by atoms with Crippen LogP contribution >= 0.6 is 0 Å². The highest BCUT2D eigenvalue weighted by molar-refractivity contribution is 5.97. The molecule has 0 unspecified atom stereocenters. The van der Waals surface area contributed by atoms with Crippen molar-refractivity contribution in [3.8, 4) is 11.5 Å². The molecule has 1 saturated heterocycles. The van der Waals surface area contributed by atoms with E-state index in [0.717, 1.165) is 6.42 Å². The van der Waals surface area contributed by atoms with Crippen LogP contribution in [0.2, 0.25) is 0 Å². The second-order valence-corrected chi connectivity index (χ2v) is 7.92. The van der Waals surface area contributed by atoms with Gasteiger partial charge in [-0.15, -0.1) is 0 Å². The maximum absolute atomic E-state index is 14.0. The quantitative estimate of drug-likeness (QED) is 0.641. The average Bonchev–Trinajstić information content (AvgIpc) is 3.23. The molecule has 32 heavy (non-hydrogen) atoms. The van der Waals surface area contributed by atoms with Crippen LogP contribution in [0.4, 0.5) is 15.0 Å². The molecule has 2 amide bonds. The summed E-state index contributed by atoms with van der Waals surface area (Å²) in [6.07, 6.45) is 2.65. The van der Waals surface area contributed by atoms with E-state index in [1.54, 1.807) is 4.90 Å². The van der Waals surface area contributed by atoms with E-state index in [4.69, 9.17) is 9.84 Å². The Balaban J connectivity index is 1.85. The Morgan fingerprint density at radius 3 is 2.84 bits per heavy atom. The van der Waals surface area contributed by atoms with Gasteiger partial charge in [0.2, 0.25) is 0 Å². The zero-order valence-corrected chi connectivity index (χ0v) is 18.4. The van der Waals surface area contributed by atoms with E-state index in [0.29, 0.717) is 37.7 Å². The lowest BCUT2D eigenvalue weighted by molar-refractivity contribution is 0.0713. The molecular weight excluding hydrogens is 417 g/mol. The summed E-state index contributed by atoms with van der Waals surface area (Å²) in [5.74, 6) is 0.384. The minimum absolute atomic E-state index is 0.0554. The monoisotopic (exact) mass is 445 g/mol. The molecule has 1 aliphatic rings. The molecule has 2 N–H and O–H groups in total. The predicted octanol–water partition coefficient (Wildman–Crippen LogP) is 3.37. The van der Waals surface area contributed by atoms with Crippen molar-refractivity contribution in [1.82, 2.24) is 20.2 Å². The van der Waals surface area contributed by atoms with E-state index in [1.165, 1.54) is 30.7 Å². The molecule has 1 fully saturated rings. The third-order valence-electron chi connectivity index (χ3n) is 5.40. The number of nitrogens with one attached hydrogen (secondary N) is 1. The molecule has 0 bridgehead atoms. The maximum atomic E-state index is 14.0. The fourth-order valence-electron chi connectivity index (χ4n) is 3.82. The van der Waals surface area contributed by atoms with Crippen LogP contribution in [0, 0.1) is 11.7 Å². The maximum Gasteiger partial charge on any atom is 0.404 e. The molecule has 9 nitrogen and oxygen atoms in total. The van der Waals surface area contributed by atoms with Crippen molar-refractivity contribution in [2.24, 2.45) is 5.92 Å². The lowest BCUT2D eigenvalue weighted by Gasteiger charge is -2.26. The van der Waals surface area contributed by atoms with Crippen LogP contribution in [0.1, 0.15) is 37.6 Å². The first-order chi connectivity index (χ1) is 15.3. The molecule has 0 spiro atoms. The van der Waals surface area contributed by atoms with Crippen molar-refractivity contribution in [3.05, 3.63) is 42.1 Å². The molecule has 0 saturated carbocycles. The summed E-state index contributed by atoms with van der Waals surface area (Å²) in [6, 6.07) is 3.79. The highest BCUT2D eigenvalue weighted by atomic mass is 19.1. The fourth-order valence-corrected chi connectivity index (χ4v) is 3.82. The number of benzene rings is 1. The molecule has 1 aromatic heterocycles. The summed E-state index contributed by atoms with van der Waals surface area (Å²) in [5.41, 5.74) is 0.125. The lowest BCUT2D eigenvalue weighted by atomic mass is 10.1. The molecule has 1 atom stereocenters. The van der Waals surface area contributed by atoms with Crippen molar-refractivity contribution in [3.63, 3.8) is 0 Å². The Hall–Kier alpha value is -3.43. The highest BCUT2D eigenvalue weighted by Gasteiger charge is 2.27. The molecule has 0 aliphatic carbocycles. The SMILES string of the molecule is CCN(C(=O)c1cc(F)ccc1Oc1cncnc1N1CC[C@@H](CNC(=O)O)C1)C(C)C. The van der Waals surface area contributed by atoms with Crippen LogP contribution in [-0.4, -0.2) is 64.2 Å². The number of carbonyl (C=O) groups excluding carboxylic acids is 1. The van der Waals surface area contributed by atoms with Crippen LogP contribution in [-0.2, 0) is 0 Å². The van der Waals surface area contributed by atoms with Crippen LogP contribution in [0.5, 0.6) is 11.5 Å². The minimum Gasteiger partial charge on any atom is -0.465 e. The van der Waals surface area contributed by atoms with Gasteiger partial charge in [-0.3, -0.25) is 4.79 Å². The molecule has 0 radical (unpaired) electrons. The molecule has 2 aromatic rings. The second kappa shape index (κ2) is 10.3. The van der Waals surface area contributed by atoms with E-state index in [1.807, 2.05) is 25.7 Å². The number of carbonyl (C=O) groups is 2. The van der Waals surface area contributed by atoms with Gasteiger partial charge >= 0.3 is 6.09 Å². The summed E-state index contributed by atoms with van der Waals surface area (Å²) in [7, 11) is 0. The van der Waals surface area contributed by atoms with Crippen LogP contribution in [0.3, 0.4) is 0 Å². The van der Waals surface area contributed by atoms with Gasteiger partial charge in [-0.1, -0.05) is 0 Å². The highest BCUT2D eigenvalue weighted by Crippen LogP contribution is 2.34. The number of ether oxygens (including phenoxy) is 1. The van der Waals surface area contributed by atoms with Gasteiger partial charge in [-0.05, 0) is 51.3 Å². The van der Waals surface area contributed by atoms with Gasteiger partial charge in [-0.25, -0.2) is 19.2 Å². The number of hydrogen-bond acceptors (Lipinski definition) is 6. The Kier molecular flexibility index (Phi) is 7.45. The van der Waals surface area contributed by atoms with Gasteiger partial charge in [0.15, 0.2) is 11.6 Å². The number of anilines is 1. The fraction of sp³-hybridized carbons (Fsp3) is 0.455. The normalized spacial score (nSPS) is 15.7. The largest absolute Gasteiger partial charge is 0.465 e. The lowest BCUT2D eigenvalue weighted by Crippen LogP contribution is -2.36. The number of hydrogen-bond donors (Lipinski definition) is 2. The van der Waals surface area contributed by atoms with E-state index < -0.39 is 11.9 Å². The van der Waals surface area contributed by atoms with E-state index >= 15 is 0 Å².